The van der Waals surface area contributed by atoms with E-state index in [1.165, 1.54) is 33.0 Å². The molecule has 0 bridgehead atoms. The van der Waals surface area contributed by atoms with Crippen LogP contribution in [0.2, 0.25) is 5.02 Å². The topological polar surface area (TPSA) is 0 Å². The molecule has 0 aromatic heterocycles. The smallest absolute Gasteiger partial charge is 0.0406 e. The molecule has 0 unspecified atom stereocenters. The molecule has 0 nitrogen and oxygen atoms in total. The van der Waals surface area contributed by atoms with E-state index in [2.05, 4.69) is 78.9 Å². The van der Waals surface area contributed by atoms with Crippen LogP contribution in [0.3, 0.4) is 0 Å². The number of fused-ring (bicyclic) bond motifs is 1. The highest BCUT2D eigenvalue weighted by Crippen LogP contribution is 2.30. The minimum absolute atomic E-state index is 0.765. The molecule has 4 aromatic carbocycles. The standard InChI is InChI=1S/C22H15Cl/c23-20-14-12-17(13-15-20)16-8-10-19(11-9-16)22-7-3-5-18-4-1-2-6-21(18)22/h1-15H. The molecule has 110 valence electrons. The quantitative estimate of drug-likeness (QED) is 0.380. The average molecular weight is 315 g/mol. The zero-order chi connectivity index (χ0) is 15.6. The van der Waals surface area contributed by atoms with Crippen molar-refractivity contribution in [3.63, 3.8) is 0 Å². The summed E-state index contributed by atoms with van der Waals surface area (Å²) in [5, 5.41) is 3.32. The van der Waals surface area contributed by atoms with E-state index in [-0.39, 0.29) is 0 Å². The molecule has 1 heteroatoms. The molecular weight excluding hydrogens is 300 g/mol. The van der Waals surface area contributed by atoms with Crippen molar-refractivity contribution in [2.45, 2.75) is 0 Å². The second kappa shape index (κ2) is 5.91. The Bertz CT molecular complexity index is 946. The van der Waals surface area contributed by atoms with E-state index >= 15 is 0 Å². The molecule has 4 aromatic rings. The zero-order valence-corrected chi connectivity index (χ0v) is 13.3. The Morgan fingerprint density at radius 3 is 1.78 bits per heavy atom. The molecule has 23 heavy (non-hydrogen) atoms. The highest BCUT2D eigenvalue weighted by Gasteiger charge is 2.04. The third kappa shape index (κ3) is 2.74. The first-order valence-corrected chi connectivity index (χ1v) is 8.03. The first-order chi connectivity index (χ1) is 11.3. The Hall–Kier alpha value is -2.57. The lowest BCUT2D eigenvalue weighted by Gasteiger charge is -2.08. The van der Waals surface area contributed by atoms with Crippen molar-refractivity contribution in [3.8, 4) is 22.3 Å². The summed E-state index contributed by atoms with van der Waals surface area (Å²) >= 11 is 5.96. The van der Waals surface area contributed by atoms with Crippen molar-refractivity contribution in [2.75, 3.05) is 0 Å². The Morgan fingerprint density at radius 1 is 0.478 bits per heavy atom. The van der Waals surface area contributed by atoms with Crippen LogP contribution in [-0.2, 0) is 0 Å². The molecule has 0 aliphatic rings. The van der Waals surface area contributed by atoms with Crippen molar-refractivity contribution < 1.29 is 0 Å². The van der Waals surface area contributed by atoms with Crippen LogP contribution in [0.5, 0.6) is 0 Å². The van der Waals surface area contributed by atoms with Crippen LogP contribution in [-0.4, -0.2) is 0 Å². The summed E-state index contributed by atoms with van der Waals surface area (Å²) in [5.74, 6) is 0. The van der Waals surface area contributed by atoms with Gasteiger partial charge in [-0.2, -0.15) is 0 Å². The lowest BCUT2D eigenvalue weighted by Crippen LogP contribution is -1.82. The Labute approximate surface area is 141 Å². The van der Waals surface area contributed by atoms with E-state index in [1.807, 2.05) is 12.1 Å². The molecule has 0 amide bonds. The molecule has 0 fully saturated rings. The van der Waals surface area contributed by atoms with Gasteiger partial charge in [-0.3, -0.25) is 0 Å². The normalized spacial score (nSPS) is 10.8. The number of halogens is 1. The van der Waals surface area contributed by atoms with E-state index in [9.17, 15) is 0 Å². The number of hydrogen-bond acceptors (Lipinski definition) is 0. The van der Waals surface area contributed by atoms with Gasteiger partial charge in [0.2, 0.25) is 0 Å². The fourth-order valence-electron chi connectivity index (χ4n) is 2.96. The third-order valence-electron chi connectivity index (χ3n) is 4.16. The van der Waals surface area contributed by atoms with Gasteiger partial charge >= 0.3 is 0 Å². The maximum atomic E-state index is 5.96. The van der Waals surface area contributed by atoms with Crippen LogP contribution in [0.4, 0.5) is 0 Å². The van der Waals surface area contributed by atoms with Gasteiger partial charge in [0.25, 0.3) is 0 Å². The molecule has 0 radical (unpaired) electrons. The maximum Gasteiger partial charge on any atom is 0.0406 e. The van der Waals surface area contributed by atoms with Crippen molar-refractivity contribution in [1.82, 2.24) is 0 Å². The Balaban J connectivity index is 1.77. The van der Waals surface area contributed by atoms with Gasteiger partial charge < -0.3 is 0 Å². The number of benzene rings is 4. The van der Waals surface area contributed by atoms with Crippen LogP contribution in [0.25, 0.3) is 33.0 Å². The highest BCUT2D eigenvalue weighted by molar-refractivity contribution is 6.30. The van der Waals surface area contributed by atoms with E-state index in [0.717, 1.165) is 5.02 Å². The molecular formula is C22H15Cl. The molecule has 0 aliphatic heterocycles. The lowest BCUT2D eigenvalue weighted by atomic mass is 9.96. The van der Waals surface area contributed by atoms with Crippen LogP contribution >= 0.6 is 11.6 Å². The van der Waals surface area contributed by atoms with Gasteiger partial charge in [0.1, 0.15) is 0 Å². The summed E-state index contributed by atoms with van der Waals surface area (Å²) in [6.45, 7) is 0. The van der Waals surface area contributed by atoms with Crippen LogP contribution in [0, 0.1) is 0 Å². The fourth-order valence-corrected chi connectivity index (χ4v) is 3.09. The minimum atomic E-state index is 0.765. The second-order valence-corrected chi connectivity index (χ2v) is 6.05. The first-order valence-electron chi connectivity index (χ1n) is 7.65. The van der Waals surface area contributed by atoms with Crippen LogP contribution in [0.15, 0.2) is 91.0 Å². The molecule has 0 saturated heterocycles. The Morgan fingerprint density at radius 2 is 1.04 bits per heavy atom. The van der Waals surface area contributed by atoms with Gasteiger partial charge in [-0.1, -0.05) is 90.5 Å². The van der Waals surface area contributed by atoms with Crippen LogP contribution < -0.4 is 0 Å². The number of rotatable bonds is 2. The summed E-state index contributed by atoms with van der Waals surface area (Å²) in [6, 6.07) is 31.6. The summed E-state index contributed by atoms with van der Waals surface area (Å²) in [6.07, 6.45) is 0. The largest absolute Gasteiger partial charge is 0.0843 e. The molecule has 0 saturated carbocycles. The molecule has 0 N–H and O–H groups in total. The van der Waals surface area contributed by atoms with E-state index < -0.39 is 0 Å². The summed E-state index contributed by atoms with van der Waals surface area (Å²) in [7, 11) is 0. The van der Waals surface area contributed by atoms with Gasteiger partial charge in [0, 0.05) is 5.02 Å². The van der Waals surface area contributed by atoms with Crippen LogP contribution in [0.1, 0.15) is 0 Å². The number of hydrogen-bond donors (Lipinski definition) is 0. The van der Waals surface area contributed by atoms with Crippen molar-refractivity contribution in [3.05, 3.63) is 96.0 Å². The minimum Gasteiger partial charge on any atom is -0.0843 e. The summed E-state index contributed by atoms with van der Waals surface area (Å²) in [4.78, 5) is 0. The zero-order valence-electron chi connectivity index (χ0n) is 12.5. The van der Waals surface area contributed by atoms with Gasteiger partial charge in [-0.15, -0.1) is 0 Å². The van der Waals surface area contributed by atoms with Gasteiger partial charge in [0.05, 0.1) is 0 Å². The second-order valence-electron chi connectivity index (χ2n) is 5.61. The Kier molecular flexibility index (Phi) is 3.61. The monoisotopic (exact) mass is 314 g/mol. The van der Waals surface area contributed by atoms with Crippen molar-refractivity contribution >= 4 is 22.4 Å². The predicted octanol–water partition coefficient (Wildman–Crippen LogP) is 6.83. The molecule has 4 rings (SSSR count). The fraction of sp³-hybridized carbons (Fsp3) is 0. The molecule has 0 heterocycles. The van der Waals surface area contributed by atoms with Gasteiger partial charge in [0.15, 0.2) is 0 Å². The molecule has 0 spiro atoms. The highest BCUT2D eigenvalue weighted by atomic mass is 35.5. The summed E-state index contributed by atoms with van der Waals surface area (Å²) in [5.41, 5.74) is 4.88. The third-order valence-corrected chi connectivity index (χ3v) is 4.42. The van der Waals surface area contributed by atoms with Crippen molar-refractivity contribution in [1.29, 1.82) is 0 Å². The van der Waals surface area contributed by atoms with E-state index in [4.69, 9.17) is 11.6 Å². The van der Waals surface area contributed by atoms with Crippen molar-refractivity contribution in [2.24, 2.45) is 0 Å². The summed E-state index contributed by atoms with van der Waals surface area (Å²) < 4.78 is 0. The average Bonchev–Trinajstić information content (AvgIpc) is 2.62. The van der Waals surface area contributed by atoms with Gasteiger partial charge in [-0.05, 0) is 45.2 Å². The predicted molar refractivity (Wildman–Crippen MR) is 99.8 cm³/mol. The van der Waals surface area contributed by atoms with E-state index in [1.54, 1.807) is 0 Å². The van der Waals surface area contributed by atoms with Gasteiger partial charge in [-0.25, -0.2) is 0 Å². The SMILES string of the molecule is Clc1ccc(-c2ccc(-c3cccc4ccccc34)cc2)cc1. The lowest BCUT2D eigenvalue weighted by molar-refractivity contribution is 1.60. The molecule has 0 aliphatic carbocycles. The first kappa shape index (κ1) is 14.0. The van der Waals surface area contributed by atoms with E-state index in [0.29, 0.717) is 0 Å². The maximum absolute atomic E-state index is 5.96. The molecule has 0 atom stereocenters.